The summed E-state index contributed by atoms with van der Waals surface area (Å²) >= 11 is 0. The molecular formula is C17H23FN6O. The fourth-order valence-electron chi connectivity index (χ4n) is 3.06. The summed E-state index contributed by atoms with van der Waals surface area (Å²) < 4.78 is 15.5. The zero-order valence-corrected chi connectivity index (χ0v) is 14.5. The van der Waals surface area contributed by atoms with Crippen LogP contribution in [0.4, 0.5) is 4.39 Å². The normalized spacial score (nSPS) is 16.3. The maximum Gasteiger partial charge on any atom is 0.254 e. The quantitative estimate of drug-likeness (QED) is 0.893. The maximum absolute atomic E-state index is 13.7. The smallest absolute Gasteiger partial charge is 0.254 e. The monoisotopic (exact) mass is 346 g/mol. The van der Waals surface area contributed by atoms with Crippen LogP contribution in [0.15, 0.2) is 24.3 Å². The molecule has 8 heteroatoms. The Balaban J connectivity index is 1.51. The van der Waals surface area contributed by atoms with Gasteiger partial charge >= 0.3 is 0 Å². The van der Waals surface area contributed by atoms with Gasteiger partial charge in [0.2, 0.25) is 0 Å². The minimum atomic E-state index is -0.488. The number of carbonyl (C=O) groups is 1. The highest BCUT2D eigenvalue weighted by molar-refractivity contribution is 5.94. The van der Waals surface area contributed by atoms with Gasteiger partial charge in [0.1, 0.15) is 5.82 Å². The van der Waals surface area contributed by atoms with Crippen LogP contribution >= 0.6 is 0 Å². The molecule has 0 aliphatic carbocycles. The largest absolute Gasteiger partial charge is 0.349 e. The second-order valence-corrected chi connectivity index (χ2v) is 6.64. The third-order valence-corrected chi connectivity index (χ3v) is 4.46. The molecule has 2 aromatic rings. The number of aromatic nitrogens is 4. The number of amides is 1. The van der Waals surface area contributed by atoms with Crippen LogP contribution in [-0.4, -0.2) is 50.1 Å². The Hall–Kier alpha value is -2.35. The number of hydrogen-bond donors (Lipinski definition) is 1. The molecule has 1 N–H and O–H groups in total. The molecule has 3 rings (SSSR count). The van der Waals surface area contributed by atoms with E-state index in [0.717, 1.165) is 31.8 Å². The minimum absolute atomic E-state index is 0.0597. The van der Waals surface area contributed by atoms with E-state index >= 15 is 0 Å². The van der Waals surface area contributed by atoms with E-state index in [0.29, 0.717) is 6.54 Å². The van der Waals surface area contributed by atoms with Gasteiger partial charge in [0.25, 0.3) is 5.91 Å². The number of likely N-dealkylation sites (tertiary alicyclic amines) is 1. The molecule has 0 radical (unpaired) electrons. The first kappa shape index (κ1) is 17.5. The van der Waals surface area contributed by atoms with Crippen LogP contribution in [0.2, 0.25) is 0 Å². The van der Waals surface area contributed by atoms with Crippen molar-refractivity contribution in [2.24, 2.45) is 0 Å². The number of piperidine rings is 1. The maximum atomic E-state index is 13.7. The number of benzene rings is 1. The zero-order valence-electron chi connectivity index (χ0n) is 14.5. The molecule has 1 aromatic carbocycles. The lowest BCUT2D eigenvalue weighted by Crippen LogP contribution is -2.44. The Bertz CT molecular complexity index is 723. The van der Waals surface area contributed by atoms with Gasteiger partial charge in [-0.05, 0) is 49.2 Å². The van der Waals surface area contributed by atoms with Gasteiger partial charge in [-0.1, -0.05) is 12.1 Å². The summed E-state index contributed by atoms with van der Waals surface area (Å²) in [4.78, 5) is 14.5. The first-order valence-corrected chi connectivity index (χ1v) is 8.59. The fourth-order valence-corrected chi connectivity index (χ4v) is 3.06. The number of tetrazole rings is 1. The SMILES string of the molecule is CC(C)n1nnnc1CN1CCC(NC(=O)c2ccccc2F)CC1. The predicted octanol–water partition coefficient (Wildman–Crippen LogP) is 1.79. The van der Waals surface area contributed by atoms with Gasteiger partial charge in [-0.25, -0.2) is 9.07 Å². The second kappa shape index (κ2) is 7.69. The van der Waals surface area contributed by atoms with Crippen LogP contribution in [-0.2, 0) is 6.54 Å². The van der Waals surface area contributed by atoms with Gasteiger partial charge in [-0.3, -0.25) is 9.69 Å². The van der Waals surface area contributed by atoms with E-state index < -0.39 is 5.82 Å². The van der Waals surface area contributed by atoms with E-state index in [2.05, 4.69) is 25.7 Å². The Morgan fingerprint density at radius 3 is 2.72 bits per heavy atom. The number of nitrogens with one attached hydrogen (secondary N) is 1. The van der Waals surface area contributed by atoms with Gasteiger partial charge in [0, 0.05) is 19.1 Å². The van der Waals surface area contributed by atoms with Crippen molar-refractivity contribution in [3.8, 4) is 0 Å². The van der Waals surface area contributed by atoms with Crippen LogP contribution < -0.4 is 5.32 Å². The molecule has 0 atom stereocenters. The standard InChI is InChI=1S/C17H23FN6O/c1-12(2)24-16(20-21-22-24)11-23-9-7-13(8-10-23)19-17(25)14-5-3-4-6-15(14)18/h3-6,12-13H,7-11H2,1-2H3,(H,19,25). The molecule has 0 unspecified atom stereocenters. The summed E-state index contributed by atoms with van der Waals surface area (Å²) in [5, 5.41) is 14.8. The average Bonchev–Trinajstić information content (AvgIpc) is 3.05. The first-order valence-electron chi connectivity index (χ1n) is 8.59. The summed E-state index contributed by atoms with van der Waals surface area (Å²) in [6, 6.07) is 6.34. The summed E-state index contributed by atoms with van der Waals surface area (Å²) in [6.07, 6.45) is 1.65. The molecule has 0 spiro atoms. The van der Waals surface area contributed by atoms with E-state index in [1.807, 2.05) is 18.5 Å². The van der Waals surface area contributed by atoms with Crippen molar-refractivity contribution in [3.05, 3.63) is 41.5 Å². The Kier molecular flexibility index (Phi) is 5.37. The fraction of sp³-hybridized carbons (Fsp3) is 0.529. The van der Waals surface area contributed by atoms with E-state index in [1.165, 1.54) is 12.1 Å². The number of carbonyl (C=O) groups excluding carboxylic acids is 1. The lowest BCUT2D eigenvalue weighted by atomic mass is 10.0. The second-order valence-electron chi connectivity index (χ2n) is 6.64. The molecule has 2 heterocycles. The van der Waals surface area contributed by atoms with Crippen molar-refractivity contribution in [3.63, 3.8) is 0 Å². The predicted molar refractivity (Wildman–Crippen MR) is 90.4 cm³/mol. The van der Waals surface area contributed by atoms with Crippen molar-refractivity contribution < 1.29 is 9.18 Å². The summed E-state index contributed by atoms with van der Waals surface area (Å²) in [7, 11) is 0. The number of rotatable bonds is 5. The Morgan fingerprint density at radius 1 is 1.32 bits per heavy atom. The molecule has 134 valence electrons. The molecule has 0 bridgehead atoms. The van der Waals surface area contributed by atoms with Crippen LogP contribution in [0.25, 0.3) is 0 Å². The van der Waals surface area contributed by atoms with Crippen molar-refractivity contribution >= 4 is 5.91 Å². The van der Waals surface area contributed by atoms with Gasteiger partial charge in [-0.2, -0.15) is 0 Å². The van der Waals surface area contributed by atoms with Crippen molar-refractivity contribution in [1.82, 2.24) is 30.4 Å². The molecule has 7 nitrogen and oxygen atoms in total. The highest BCUT2D eigenvalue weighted by Crippen LogP contribution is 2.15. The summed E-state index contributed by atoms with van der Waals surface area (Å²) in [6.45, 7) is 6.47. The van der Waals surface area contributed by atoms with Crippen molar-refractivity contribution in [2.45, 2.75) is 45.3 Å². The van der Waals surface area contributed by atoms with Crippen LogP contribution in [0, 0.1) is 5.82 Å². The molecule has 0 saturated carbocycles. The lowest BCUT2D eigenvalue weighted by Gasteiger charge is -2.32. The molecular weight excluding hydrogens is 323 g/mol. The number of hydrogen-bond acceptors (Lipinski definition) is 5. The molecule has 1 fully saturated rings. The van der Waals surface area contributed by atoms with Crippen LogP contribution in [0.1, 0.15) is 48.9 Å². The van der Waals surface area contributed by atoms with Gasteiger partial charge in [0.15, 0.2) is 5.82 Å². The van der Waals surface area contributed by atoms with Gasteiger partial charge in [-0.15, -0.1) is 5.10 Å². The van der Waals surface area contributed by atoms with Crippen molar-refractivity contribution in [2.75, 3.05) is 13.1 Å². The minimum Gasteiger partial charge on any atom is -0.349 e. The summed E-state index contributed by atoms with van der Waals surface area (Å²) in [5.41, 5.74) is 0.0982. The molecule has 1 amide bonds. The topological polar surface area (TPSA) is 75.9 Å². The zero-order chi connectivity index (χ0) is 17.8. The van der Waals surface area contributed by atoms with E-state index in [4.69, 9.17) is 0 Å². The average molecular weight is 346 g/mol. The third-order valence-electron chi connectivity index (χ3n) is 4.46. The molecule has 1 aliphatic rings. The molecule has 25 heavy (non-hydrogen) atoms. The first-order chi connectivity index (χ1) is 12.0. The van der Waals surface area contributed by atoms with Crippen LogP contribution in [0.5, 0.6) is 0 Å². The van der Waals surface area contributed by atoms with E-state index in [1.54, 1.807) is 12.1 Å². The van der Waals surface area contributed by atoms with Crippen molar-refractivity contribution in [1.29, 1.82) is 0 Å². The Morgan fingerprint density at radius 2 is 2.04 bits per heavy atom. The number of halogens is 1. The summed E-state index contributed by atoms with van der Waals surface area (Å²) in [5.74, 6) is 0.0158. The third kappa shape index (κ3) is 4.19. The highest BCUT2D eigenvalue weighted by atomic mass is 19.1. The Labute approximate surface area is 146 Å². The molecule has 1 aromatic heterocycles. The molecule has 1 aliphatic heterocycles. The van der Waals surface area contributed by atoms with Gasteiger partial charge < -0.3 is 5.32 Å². The van der Waals surface area contributed by atoms with E-state index in [9.17, 15) is 9.18 Å². The lowest BCUT2D eigenvalue weighted by molar-refractivity contribution is 0.0903. The van der Waals surface area contributed by atoms with Crippen LogP contribution in [0.3, 0.4) is 0 Å². The van der Waals surface area contributed by atoms with Gasteiger partial charge in [0.05, 0.1) is 18.2 Å². The number of nitrogens with zero attached hydrogens (tertiary/aromatic N) is 5. The molecule has 1 saturated heterocycles. The highest BCUT2D eigenvalue weighted by Gasteiger charge is 2.23. The van der Waals surface area contributed by atoms with E-state index in [-0.39, 0.29) is 23.6 Å².